The summed E-state index contributed by atoms with van der Waals surface area (Å²) in [6, 6.07) is 0. The average molecular weight is 279 g/mol. The van der Waals surface area contributed by atoms with Crippen LogP contribution in [0.25, 0.3) is 0 Å². The topological polar surface area (TPSA) is 35.2 Å². The smallest absolute Gasteiger partial charge is 0.0685 e. The van der Waals surface area contributed by atoms with Crippen molar-refractivity contribution in [3.63, 3.8) is 0 Å². The molecule has 20 heavy (non-hydrogen) atoms. The molecule has 1 heterocycles. The van der Waals surface area contributed by atoms with Gasteiger partial charge in [-0.05, 0) is 56.8 Å². The number of ether oxygens (including phenoxy) is 1. The van der Waals surface area contributed by atoms with Crippen molar-refractivity contribution in [3.05, 3.63) is 0 Å². The Hall–Kier alpha value is -0.0800. The first-order valence-corrected chi connectivity index (χ1v) is 9.05. The molecule has 2 N–H and O–H groups in total. The zero-order valence-electron chi connectivity index (χ0n) is 13.3. The molecular weight excluding hydrogens is 246 g/mol. The molecule has 116 valence electrons. The lowest BCUT2D eigenvalue weighted by Crippen LogP contribution is -2.53. The number of rotatable bonds is 1. The molecule has 1 aliphatic heterocycles. The van der Waals surface area contributed by atoms with Gasteiger partial charge in [0, 0.05) is 12.1 Å². The SMILES string of the molecule is CC1CCCC(N)(C2CCOC3(CCCCC3)C2)CC1. The van der Waals surface area contributed by atoms with Crippen molar-refractivity contribution in [3.8, 4) is 0 Å². The zero-order chi connectivity index (χ0) is 14.1. The second kappa shape index (κ2) is 5.96. The maximum atomic E-state index is 6.93. The lowest BCUT2D eigenvalue weighted by molar-refractivity contribution is -0.128. The fourth-order valence-electron chi connectivity index (χ4n) is 5.04. The van der Waals surface area contributed by atoms with Crippen LogP contribution < -0.4 is 5.73 Å². The van der Waals surface area contributed by atoms with E-state index in [2.05, 4.69) is 6.92 Å². The highest BCUT2D eigenvalue weighted by Crippen LogP contribution is 2.46. The largest absolute Gasteiger partial charge is 0.375 e. The van der Waals surface area contributed by atoms with Crippen molar-refractivity contribution in [2.24, 2.45) is 17.6 Å². The third-order valence-corrected chi connectivity index (χ3v) is 6.51. The van der Waals surface area contributed by atoms with E-state index in [1.165, 1.54) is 77.0 Å². The van der Waals surface area contributed by atoms with Gasteiger partial charge in [-0.15, -0.1) is 0 Å². The molecule has 0 radical (unpaired) electrons. The highest BCUT2D eigenvalue weighted by Gasteiger charge is 2.45. The number of hydrogen-bond acceptors (Lipinski definition) is 2. The Morgan fingerprint density at radius 1 is 0.900 bits per heavy atom. The quantitative estimate of drug-likeness (QED) is 0.721. The summed E-state index contributed by atoms with van der Waals surface area (Å²) in [5, 5.41) is 0. The van der Waals surface area contributed by atoms with Gasteiger partial charge in [-0.3, -0.25) is 0 Å². The van der Waals surface area contributed by atoms with Crippen LogP contribution in [-0.2, 0) is 4.74 Å². The zero-order valence-corrected chi connectivity index (χ0v) is 13.3. The van der Waals surface area contributed by atoms with Crippen LogP contribution in [0.3, 0.4) is 0 Å². The van der Waals surface area contributed by atoms with Gasteiger partial charge in [0.15, 0.2) is 0 Å². The van der Waals surface area contributed by atoms with Gasteiger partial charge in [0.1, 0.15) is 0 Å². The van der Waals surface area contributed by atoms with E-state index in [0.717, 1.165) is 12.5 Å². The summed E-state index contributed by atoms with van der Waals surface area (Å²) >= 11 is 0. The van der Waals surface area contributed by atoms with Gasteiger partial charge in [-0.2, -0.15) is 0 Å². The van der Waals surface area contributed by atoms with E-state index in [1.807, 2.05) is 0 Å². The van der Waals surface area contributed by atoms with Crippen LogP contribution in [0.1, 0.15) is 84.0 Å². The summed E-state index contributed by atoms with van der Waals surface area (Å²) < 4.78 is 6.27. The van der Waals surface area contributed by atoms with Crippen LogP contribution in [0, 0.1) is 11.8 Å². The van der Waals surface area contributed by atoms with Gasteiger partial charge in [-0.1, -0.05) is 39.0 Å². The summed E-state index contributed by atoms with van der Waals surface area (Å²) in [6.07, 6.45) is 15.7. The van der Waals surface area contributed by atoms with Gasteiger partial charge in [0.2, 0.25) is 0 Å². The molecule has 3 aliphatic rings. The Balaban J connectivity index is 1.69. The first kappa shape index (κ1) is 14.8. The van der Waals surface area contributed by atoms with E-state index >= 15 is 0 Å². The Morgan fingerprint density at radius 3 is 2.50 bits per heavy atom. The number of nitrogens with two attached hydrogens (primary N) is 1. The van der Waals surface area contributed by atoms with Gasteiger partial charge < -0.3 is 10.5 Å². The van der Waals surface area contributed by atoms with E-state index in [-0.39, 0.29) is 11.1 Å². The highest BCUT2D eigenvalue weighted by atomic mass is 16.5. The van der Waals surface area contributed by atoms with Crippen molar-refractivity contribution < 1.29 is 4.74 Å². The van der Waals surface area contributed by atoms with E-state index < -0.39 is 0 Å². The minimum Gasteiger partial charge on any atom is -0.375 e. The standard InChI is InChI=1S/C18H33NO/c1-15-6-5-11-18(19,12-7-15)16-8-13-20-17(14-16)9-3-2-4-10-17/h15-16H,2-14,19H2,1H3. The minimum atomic E-state index is 0.110. The lowest BCUT2D eigenvalue weighted by Gasteiger charge is -2.49. The molecule has 2 nitrogen and oxygen atoms in total. The molecule has 0 bridgehead atoms. The highest BCUT2D eigenvalue weighted by molar-refractivity contribution is 5.00. The number of hydrogen-bond donors (Lipinski definition) is 1. The fourth-order valence-corrected chi connectivity index (χ4v) is 5.04. The maximum absolute atomic E-state index is 6.93. The van der Waals surface area contributed by atoms with Crippen LogP contribution in [0.15, 0.2) is 0 Å². The minimum absolute atomic E-state index is 0.110. The summed E-state index contributed by atoms with van der Waals surface area (Å²) in [6.45, 7) is 3.36. The first-order valence-electron chi connectivity index (χ1n) is 9.05. The second-order valence-electron chi connectivity index (χ2n) is 8.05. The van der Waals surface area contributed by atoms with Gasteiger partial charge >= 0.3 is 0 Å². The van der Waals surface area contributed by atoms with Crippen LogP contribution >= 0.6 is 0 Å². The van der Waals surface area contributed by atoms with Crippen LogP contribution in [0.4, 0.5) is 0 Å². The monoisotopic (exact) mass is 279 g/mol. The third kappa shape index (κ3) is 3.06. The molecule has 3 rings (SSSR count). The van der Waals surface area contributed by atoms with Gasteiger partial charge in [-0.25, -0.2) is 0 Å². The fraction of sp³-hybridized carbons (Fsp3) is 1.00. The average Bonchev–Trinajstić information content (AvgIpc) is 2.63. The summed E-state index contributed by atoms with van der Waals surface area (Å²) in [7, 11) is 0. The molecule has 1 spiro atoms. The molecular formula is C18H33NO. The molecule has 3 unspecified atom stereocenters. The summed E-state index contributed by atoms with van der Waals surface area (Å²) in [5.41, 5.74) is 7.25. The summed E-state index contributed by atoms with van der Waals surface area (Å²) in [4.78, 5) is 0. The third-order valence-electron chi connectivity index (χ3n) is 6.51. The predicted molar refractivity (Wildman–Crippen MR) is 83.7 cm³/mol. The maximum Gasteiger partial charge on any atom is 0.0685 e. The van der Waals surface area contributed by atoms with Gasteiger partial charge in [0.25, 0.3) is 0 Å². The normalized spacial score (nSPS) is 42.3. The molecule has 0 aromatic rings. The Morgan fingerprint density at radius 2 is 1.70 bits per heavy atom. The molecule has 0 aromatic carbocycles. The van der Waals surface area contributed by atoms with Crippen molar-refractivity contribution in [2.45, 2.75) is 95.1 Å². The van der Waals surface area contributed by atoms with Crippen molar-refractivity contribution in [1.29, 1.82) is 0 Å². The lowest BCUT2D eigenvalue weighted by atomic mass is 9.67. The molecule has 0 aromatic heterocycles. The molecule has 0 amide bonds. The molecule has 2 saturated carbocycles. The van der Waals surface area contributed by atoms with Crippen LogP contribution in [0.2, 0.25) is 0 Å². The first-order chi connectivity index (χ1) is 9.62. The van der Waals surface area contributed by atoms with E-state index in [1.54, 1.807) is 0 Å². The van der Waals surface area contributed by atoms with Gasteiger partial charge in [0.05, 0.1) is 5.60 Å². The Bertz CT molecular complexity index is 318. The van der Waals surface area contributed by atoms with Crippen LogP contribution in [-0.4, -0.2) is 17.7 Å². The predicted octanol–water partition coefficient (Wildman–Crippen LogP) is 4.41. The van der Waals surface area contributed by atoms with Crippen LogP contribution in [0.5, 0.6) is 0 Å². The Kier molecular flexibility index (Phi) is 4.42. The van der Waals surface area contributed by atoms with Crippen molar-refractivity contribution in [1.82, 2.24) is 0 Å². The van der Waals surface area contributed by atoms with E-state index in [9.17, 15) is 0 Å². The molecule has 3 fully saturated rings. The molecule has 2 heteroatoms. The molecule has 1 saturated heterocycles. The van der Waals surface area contributed by atoms with Crippen molar-refractivity contribution >= 4 is 0 Å². The molecule has 2 aliphatic carbocycles. The summed E-state index contributed by atoms with van der Waals surface area (Å²) in [5.74, 6) is 1.59. The van der Waals surface area contributed by atoms with Crippen molar-refractivity contribution in [2.75, 3.05) is 6.61 Å². The van der Waals surface area contributed by atoms with E-state index in [4.69, 9.17) is 10.5 Å². The second-order valence-corrected chi connectivity index (χ2v) is 8.05. The van der Waals surface area contributed by atoms with E-state index in [0.29, 0.717) is 5.92 Å². The molecule has 3 atom stereocenters. The Labute approximate surface area is 124 Å².